The largest absolute Gasteiger partial charge is 0.495 e. The monoisotopic (exact) mass is 364 g/mol. The molecule has 25 heavy (non-hydrogen) atoms. The van der Waals surface area contributed by atoms with Gasteiger partial charge in [-0.3, -0.25) is 4.79 Å². The number of carbonyl (C=O) groups excluding carboxylic acids is 1. The number of anilines is 2. The summed E-state index contributed by atoms with van der Waals surface area (Å²) in [6.07, 6.45) is 1.38. The van der Waals surface area contributed by atoms with E-state index in [1.807, 2.05) is 18.7 Å². The summed E-state index contributed by atoms with van der Waals surface area (Å²) in [6, 6.07) is 4.84. The SMILES string of the molecule is CCN(CC)c1cc(C(=O)Nc2cc(OC)c(Cl)cc2OC)ncn1. The highest BCUT2D eigenvalue weighted by Crippen LogP contribution is 2.36. The number of hydrogen-bond donors (Lipinski definition) is 1. The van der Waals surface area contributed by atoms with E-state index in [4.69, 9.17) is 21.1 Å². The van der Waals surface area contributed by atoms with Crippen LogP contribution >= 0.6 is 11.6 Å². The maximum absolute atomic E-state index is 12.6. The van der Waals surface area contributed by atoms with Crippen LogP contribution in [-0.4, -0.2) is 43.2 Å². The Hall–Kier alpha value is -2.54. The maximum Gasteiger partial charge on any atom is 0.274 e. The van der Waals surface area contributed by atoms with Gasteiger partial charge in [-0.15, -0.1) is 0 Å². The number of rotatable bonds is 7. The topological polar surface area (TPSA) is 76.6 Å². The lowest BCUT2D eigenvalue weighted by atomic mass is 10.2. The van der Waals surface area contributed by atoms with E-state index in [9.17, 15) is 4.79 Å². The highest BCUT2D eigenvalue weighted by atomic mass is 35.5. The van der Waals surface area contributed by atoms with Crippen LogP contribution in [0.15, 0.2) is 24.5 Å². The van der Waals surface area contributed by atoms with E-state index in [0.29, 0.717) is 28.0 Å². The first-order valence-corrected chi connectivity index (χ1v) is 8.21. The van der Waals surface area contributed by atoms with Gasteiger partial charge < -0.3 is 19.7 Å². The molecule has 0 fully saturated rings. The number of ether oxygens (including phenoxy) is 2. The third-order valence-electron chi connectivity index (χ3n) is 3.69. The zero-order valence-electron chi connectivity index (χ0n) is 14.7. The smallest absolute Gasteiger partial charge is 0.274 e. The second-order valence-electron chi connectivity index (χ2n) is 5.07. The third kappa shape index (κ3) is 4.30. The highest BCUT2D eigenvalue weighted by molar-refractivity contribution is 6.32. The van der Waals surface area contributed by atoms with Crippen molar-refractivity contribution in [2.75, 3.05) is 37.5 Å². The Morgan fingerprint density at radius 1 is 1.12 bits per heavy atom. The van der Waals surface area contributed by atoms with Crippen LogP contribution in [0.5, 0.6) is 11.5 Å². The van der Waals surface area contributed by atoms with Crippen LogP contribution in [0.3, 0.4) is 0 Å². The lowest BCUT2D eigenvalue weighted by Crippen LogP contribution is -2.24. The summed E-state index contributed by atoms with van der Waals surface area (Å²) in [7, 11) is 3.00. The van der Waals surface area contributed by atoms with Crippen molar-refractivity contribution in [3.8, 4) is 11.5 Å². The molecule has 0 bridgehead atoms. The van der Waals surface area contributed by atoms with E-state index in [2.05, 4.69) is 15.3 Å². The Labute approximate surface area is 151 Å². The van der Waals surface area contributed by atoms with Crippen molar-refractivity contribution in [1.29, 1.82) is 0 Å². The number of carbonyl (C=O) groups is 1. The average Bonchev–Trinajstić information content (AvgIpc) is 2.64. The Balaban J connectivity index is 2.29. The molecule has 8 heteroatoms. The summed E-state index contributed by atoms with van der Waals surface area (Å²) in [5, 5.41) is 3.16. The lowest BCUT2D eigenvalue weighted by molar-refractivity contribution is 0.102. The van der Waals surface area contributed by atoms with Gasteiger partial charge in [0.2, 0.25) is 0 Å². The minimum Gasteiger partial charge on any atom is -0.495 e. The van der Waals surface area contributed by atoms with E-state index < -0.39 is 0 Å². The molecule has 0 unspecified atom stereocenters. The van der Waals surface area contributed by atoms with E-state index in [1.165, 1.54) is 20.5 Å². The highest BCUT2D eigenvalue weighted by Gasteiger charge is 2.16. The molecule has 1 amide bonds. The molecular weight excluding hydrogens is 344 g/mol. The number of aromatic nitrogens is 2. The van der Waals surface area contributed by atoms with Crippen molar-refractivity contribution in [1.82, 2.24) is 9.97 Å². The van der Waals surface area contributed by atoms with Crippen LogP contribution in [0.25, 0.3) is 0 Å². The van der Waals surface area contributed by atoms with Gasteiger partial charge in [-0.2, -0.15) is 0 Å². The van der Waals surface area contributed by atoms with Gasteiger partial charge in [0.1, 0.15) is 29.3 Å². The molecule has 2 aromatic rings. The molecule has 1 N–H and O–H groups in total. The Morgan fingerprint density at radius 2 is 1.80 bits per heavy atom. The van der Waals surface area contributed by atoms with Gasteiger partial charge in [0, 0.05) is 31.3 Å². The second kappa shape index (κ2) is 8.53. The minimum absolute atomic E-state index is 0.257. The zero-order chi connectivity index (χ0) is 18.4. The summed E-state index contributed by atoms with van der Waals surface area (Å²) in [4.78, 5) is 22.9. The van der Waals surface area contributed by atoms with Crippen LogP contribution in [0.4, 0.5) is 11.5 Å². The van der Waals surface area contributed by atoms with Gasteiger partial charge in [0.05, 0.1) is 24.9 Å². The first kappa shape index (κ1) is 18.8. The molecule has 0 atom stereocenters. The number of nitrogens with one attached hydrogen (secondary N) is 1. The van der Waals surface area contributed by atoms with Gasteiger partial charge in [-0.05, 0) is 13.8 Å². The Bertz CT molecular complexity index is 751. The van der Waals surface area contributed by atoms with E-state index in [0.717, 1.165) is 13.1 Å². The molecule has 0 saturated carbocycles. The van der Waals surface area contributed by atoms with E-state index in [-0.39, 0.29) is 11.6 Å². The number of methoxy groups -OCH3 is 2. The normalized spacial score (nSPS) is 10.3. The van der Waals surface area contributed by atoms with Gasteiger partial charge >= 0.3 is 0 Å². The van der Waals surface area contributed by atoms with Crippen molar-refractivity contribution >= 4 is 29.0 Å². The minimum atomic E-state index is -0.376. The summed E-state index contributed by atoms with van der Waals surface area (Å²) in [5.41, 5.74) is 0.699. The van der Waals surface area contributed by atoms with E-state index >= 15 is 0 Å². The molecule has 0 spiro atoms. The Morgan fingerprint density at radius 3 is 2.40 bits per heavy atom. The fourth-order valence-corrected chi connectivity index (χ4v) is 2.57. The quantitative estimate of drug-likeness (QED) is 0.812. The molecule has 1 aromatic carbocycles. The van der Waals surface area contributed by atoms with E-state index in [1.54, 1.807) is 18.2 Å². The van der Waals surface area contributed by atoms with Crippen molar-refractivity contribution in [3.05, 3.63) is 35.2 Å². The summed E-state index contributed by atoms with van der Waals surface area (Å²) >= 11 is 6.08. The van der Waals surface area contributed by atoms with Crippen LogP contribution < -0.4 is 19.7 Å². The van der Waals surface area contributed by atoms with Crippen LogP contribution in [0.1, 0.15) is 24.3 Å². The maximum atomic E-state index is 12.6. The van der Waals surface area contributed by atoms with Gasteiger partial charge in [-0.1, -0.05) is 11.6 Å². The fourth-order valence-electron chi connectivity index (χ4n) is 2.34. The predicted octanol–water partition coefficient (Wildman–Crippen LogP) is 3.25. The summed E-state index contributed by atoms with van der Waals surface area (Å²) in [6.45, 7) is 5.62. The molecule has 0 aliphatic rings. The fraction of sp³-hybridized carbons (Fsp3) is 0.353. The second-order valence-corrected chi connectivity index (χ2v) is 5.48. The van der Waals surface area contributed by atoms with Crippen molar-refractivity contribution in [3.63, 3.8) is 0 Å². The molecule has 134 valence electrons. The van der Waals surface area contributed by atoms with Gasteiger partial charge in [-0.25, -0.2) is 9.97 Å². The first-order chi connectivity index (χ1) is 12.0. The molecule has 0 aliphatic carbocycles. The number of halogens is 1. The molecule has 0 aliphatic heterocycles. The molecule has 2 rings (SSSR count). The molecule has 0 radical (unpaired) electrons. The summed E-state index contributed by atoms with van der Waals surface area (Å²) < 4.78 is 10.4. The number of amides is 1. The van der Waals surface area contributed by atoms with Gasteiger partial charge in [0.15, 0.2) is 0 Å². The molecule has 1 aromatic heterocycles. The molecule has 1 heterocycles. The zero-order valence-corrected chi connectivity index (χ0v) is 15.4. The standard InChI is InChI=1S/C17H21ClN4O3/c1-5-22(6-2)16-9-13(19-10-20-16)17(23)21-12-8-14(24-3)11(18)7-15(12)25-4/h7-10H,5-6H2,1-4H3,(H,21,23). The van der Waals surface area contributed by atoms with Crippen molar-refractivity contribution in [2.24, 2.45) is 0 Å². The van der Waals surface area contributed by atoms with Crippen LogP contribution in [0, 0.1) is 0 Å². The van der Waals surface area contributed by atoms with Crippen LogP contribution in [-0.2, 0) is 0 Å². The Kier molecular flexibility index (Phi) is 6.41. The van der Waals surface area contributed by atoms with Crippen molar-refractivity contribution < 1.29 is 14.3 Å². The predicted molar refractivity (Wildman–Crippen MR) is 98.1 cm³/mol. The number of benzene rings is 1. The third-order valence-corrected chi connectivity index (χ3v) is 3.99. The average molecular weight is 365 g/mol. The molecule has 7 nitrogen and oxygen atoms in total. The lowest BCUT2D eigenvalue weighted by Gasteiger charge is -2.19. The summed E-state index contributed by atoms with van der Waals surface area (Å²) in [5.74, 6) is 1.19. The van der Waals surface area contributed by atoms with Gasteiger partial charge in [0.25, 0.3) is 5.91 Å². The molecular formula is C17H21ClN4O3. The number of nitrogens with zero attached hydrogens (tertiary/aromatic N) is 3. The van der Waals surface area contributed by atoms with Crippen molar-refractivity contribution in [2.45, 2.75) is 13.8 Å². The first-order valence-electron chi connectivity index (χ1n) is 7.83. The molecule has 0 saturated heterocycles. The number of hydrogen-bond acceptors (Lipinski definition) is 6. The van der Waals surface area contributed by atoms with Crippen LogP contribution in [0.2, 0.25) is 5.02 Å².